The largest absolute Gasteiger partial charge is 0.417 e. The lowest BCUT2D eigenvalue weighted by atomic mass is 9.66. The number of rotatable bonds is 0. The second-order valence-corrected chi connectivity index (χ2v) is 6.77. The zero-order chi connectivity index (χ0) is 21.7. The van der Waals surface area contributed by atoms with E-state index >= 15 is 0 Å². The molecule has 0 aromatic heterocycles. The van der Waals surface area contributed by atoms with Gasteiger partial charge < -0.3 is 0 Å². The van der Waals surface area contributed by atoms with E-state index in [9.17, 15) is 52.7 Å². The van der Waals surface area contributed by atoms with E-state index < -0.39 is 71.7 Å². The van der Waals surface area contributed by atoms with Crippen LogP contribution in [-0.4, -0.2) is 24.7 Å². The molecule has 162 valence electrons. The van der Waals surface area contributed by atoms with Crippen molar-refractivity contribution in [3.8, 4) is 0 Å². The van der Waals surface area contributed by atoms with Gasteiger partial charge in [0.1, 0.15) is 0 Å². The quantitative estimate of drug-likeness (QED) is 0.348. The molecule has 0 spiro atoms. The molecule has 0 aromatic rings. The summed E-state index contributed by atoms with van der Waals surface area (Å²) in [6.07, 6.45) is -25.3. The van der Waals surface area contributed by atoms with Crippen LogP contribution in [0.2, 0.25) is 0 Å². The van der Waals surface area contributed by atoms with Crippen LogP contribution in [0.15, 0.2) is 22.3 Å². The Kier molecular flexibility index (Phi) is 5.86. The lowest BCUT2D eigenvalue weighted by molar-refractivity contribution is -0.150. The van der Waals surface area contributed by atoms with Gasteiger partial charge in [0.2, 0.25) is 0 Å². The molecule has 0 amide bonds. The van der Waals surface area contributed by atoms with Crippen LogP contribution in [-0.2, 0) is 0 Å². The summed E-state index contributed by atoms with van der Waals surface area (Å²) in [5, 5.41) is 0. The molecule has 12 heteroatoms. The Hall–Kier alpha value is -1.36. The van der Waals surface area contributed by atoms with Crippen LogP contribution >= 0.6 is 0 Å². The molecule has 0 aromatic carbocycles. The van der Waals surface area contributed by atoms with E-state index in [4.69, 9.17) is 0 Å². The van der Waals surface area contributed by atoms with Crippen LogP contribution in [0.3, 0.4) is 0 Å². The zero-order valence-electron chi connectivity index (χ0n) is 13.9. The fourth-order valence-corrected chi connectivity index (χ4v) is 4.11. The summed E-state index contributed by atoms with van der Waals surface area (Å²) in [6, 6.07) is 0. The van der Waals surface area contributed by atoms with Gasteiger partial charge in [-0.1, -0.05) is 25.7 Å². The molecule has 2 aliphatic rings. The monoisotopic (exact) mass is 434 g/mol. The summed E-state index contributed by atoms with van der Waals surface area (Å²) in [7, 11) is 0. The average Bonchev–Trinajstić information content (AvgIpc) is 2.41. The van der Waals surface area contributed by atoms with Gasteiger partial charge in [0.25, 0.3) is 0 Å². The Labute approximate surface area is 151 Å². The molecule has 0 aliphatic heterocycles. The third-order valence-corrected chi connectivity index (χ3v) is 4.97. The first-order chi connectivity index (χ1) is 12.5. The van der Waals surface area contributed by atoms with Crippen molar-refractivity contribution in [3.63, 3.8) is 0 Å². The van der Waals surface area contributed by atoms with Gasteiger partial charge >= 0.3 is 24.7 Å². The molecule has 1 fully saturated rings. The molecular weight excluding hydrogens is 420 g/mol. The van der Waals surface area contributed by atoms with Gasteiger partial charge in [-0.2, -0.15) is 52.7 Å². The third-order valence-electron chi connectivity index (χ3n) is 4.97. The maximum absolute atomic E-state index is 13.5. The van der Waals surface area contributed by atoms with E-state index in [-0.39, 0.29) is 25.7 Å². The van der Waals surface area contributed by atoms with E-state index in [2.05, 4.69) is 0 Å². The van der Waals surface area contributed by atoms with Crippen molar-refractivity contribution < 1.29 is 52.7 Å². The molecule has 1 saturated carbocycles. The number of halogens is 12. The Morgan fingerprint density at radius 1 is 0.429 bits per heavy atom. The number of hydrogen-bond acceptors (Lipinski definition) is 0. The molecular formula is C16H14F12. The Bertz CT molecular complexity index is 595. The van der Waals surface area contributed by atoms with E-state index in [1.807, 2.05) is 0 Å². The van der Waals surface area contributed by atoms with Crippen molar-refractivity contribution in [2.45, 2.75) is 63.2 Å². The van der Waals surface area contributed by atoms with Crippen molar-refractivity contribution >= 4 is 0 Å². The highest BCUT2D eigenvalue weighted by Gasteiger charge is 2.63. The fourth-order valence-electron chi connectivity index (χ4n) is 4.11. The predicted molar refractivity (Wildman–Crippen MR) is 73.0 cm³/mol. The molecule has 0 heterocycles. The fraction of sp³-hybridized carbons (Fsp3) is 0.750. The van der Waals surface area contributed by atoms with E-state index in [0.29, 0.717) is 0 Å². The minimum atomic E-state index is -6.26. The van der Waals surface area contributed by atoms with E-state index in [1.54, 1.807) is 0 Å². The number of hydrogen-bond donors (Lipinski definition) is 0. The van der Waals surface area contributed by atoms with Crippen molar-refractivity contribution in [1.29, 1.82) is 0 Å². The highest BCUT2D eigenvalue weighted by Crippen LogP contribution is 2.59. The molecule has 0 N–H and O–H groups in total. The van der Waals surface area contributed by atoms with Gasteiger partial charge in [-0.25, -0.2) is 0 Å². The first kappa shape index (κ1) is 22.9. The van der Waals surface area contributed by atoms with Crippen molar-refractivity contribution in [2.24, 2.45) is 11.8 Å². The number of fused-ring (bicyclic) bond motifs is 1. The first-order valence-electron chi connectivity index (χ1n) is 8.24. The molecule has 2 unspecified atom stereocenters. The lowest BCUT2D eigenvalue weighted by Gasteiger charge is -2.41. The molecule has 2 rings (SSSR count). The number of alkyl halides is 12. The second kappa shape index (κ2) is 7.16. The van der Waals surface area contributed by atoms with Crippen LogP contribution in [0.5, 0.6) is 0 Å². The van der Waals surface area contributed by atoms with Gasteiger partial charge in [0, 0.05) is 11.1 Å². The number of allylic oxidation sites excluding steroid dienone is 4. The van der Waals surface area contributed by atoms with Gasteiger partial charge in [-0.15, -0.1) is 0 Å². The zero-order valence-corrected chi connectivity index (χ0v) is 13.9. The predicted octanol–water partition coefficient (Wildman–Crippen LogP) is 7.43. The second-order valence-electron chi connectivity index (χ2n) is 6.77. The minimum absolute atomic E-state index is 0.113. The Morgan fingerprint density at radius 3 is 0.929 bits per heavy atom. The summed E-state index contributed by atoms with van der Waals surface area (Å²) in [6.45, 7) is 0. The molecule has 0 bridgehead atoms. The third kappa shape index (κ3) is 4.45. The summed E-state index contributed by atoms with van der Waals surface area (Å²) in [4.78, 5) is 0. The Morgan fingerprint density at radius 2 is 0.714 bits per heavy atom. The molecule has 2 atom stereocenters. The van der Waals surface area contributed by atoms with E-state index in [0.717, 1.165) is 0 Å². The SMILES string of the molecule is FC(F)(F)C1=C(C(F)(F)F)C2CCCCCCC2C(C(F)(F)F)=C1C(F)(F)F. The van der Waals surface area contributed by atoms with Gasteiger partial charge in [0.05, 0.1) is 11.1 Å². The summed E-state index contributed by atoms with van der Waals surface area (Å²) in [5.41, 5.74) is -11.6. The molecule has 2 aliphatic carbocycles. The summed E-state index contributed by atoms with van der Waals surface area (Å²) >= 11 is 0. The van der Waals surface area contributed by atoms with Crippen molar-refractivity contribution in [2.75, 3.05) is 0 Å². The average molecular weight is 434 g/mol. The van der Waals surface area contributed by atoms with Crippen molar-refractivity contribution in [3.05, 3.63) is 22.3 Å². The Balaban J connectivity index is 3.00. The highest BCUT2D eigenvalue weighted by molar-refractivity contribution is 5.53. The minimum Gasteiger partial charge on any atom is -0.166 e. The maximum atomic E-state index is 13.5. The normalized spacial score (nSPS) is 26.1. The van der Waals surface area contributed by atoms with Crippen LogP contribution in [0, 0.1) is 11.8 Å². The molecule has 0 saturated heterocycles. The van der Waals surface area contributed by atoms with Gasteiger partial charge in [0.15, 0.2) is 0 Å². The van der Waals surface area contributed by atoms with Gasteiger partial charge in [-0.05, 0) is 24.7 Å². The van der Waals surface area contributed by atoms with E-state index in [1.165, 1.54) is 0 Å². The maximum Gasteiger partial charge on any atom is 0.417 e. The van der Waals surface area contributed by atoms with Crippen LogP contribution in [0.1, 0.15) is 38.5 Å². The standard InChI is InChI=1S/C16H14F12/c17-13(18,19)9-7-5-3-1-2-4-6-8(7)10(14(20,21)22)12(16(26,27)28)11(9)15(23,24)25/h7-8H,1-6H2. The summed E-state index contributed by atoms with van der Waals surface area (Å²) < 4.78 is 161. The molecule has 0 nitrogen and oxygen atoms in total. The van der Waals surface area contributed by atoms with Crippen molar-refractivity contribution in [1.82, 2.24) is 0 Å². The van der Waals surface area contributed by atoms with Crippen LogP contribution in [0.25, 0.3) is 0 Å². The van der Waals surface area contributed by atoms with Gasteiger partial charge in [-0.3, -0.25) is 0 Å². The van der Waals surface area contributed by atoms with Crippen LogP contribution in [0.4, 0.5) is 52.7 Å². The first-order valence-corrected chi connectivity index (χ1v) is 8.24. The van der Waals surface area contributed by atoms with Crippen LogP contribution < -0.4 is 0 Å². The topological polar surface area (TPSA) is 0 Å². The molecule has 0 radical (unpaired) electrons. The molecule has 28 heavy (non-hydrogen) atoms. The summed E-state index contributed by atoms with van der Waals surface area (Å²) in [5.74, 6) is -4.67. The highest BCUT2D eigenvalue weighted by atomic mass is 19.4. The smallest absolute Gasteiger partial charge is 0.166 e. The lowest BCUT2D eigenvalue weighted by Crippen LogP contribution is -2.43.